The Morgan fingerprint density at radius 3 is 2.66 bits per heavy atom. The van der Waals surface area contributed by atoms with E-state index in [9.17, 15) is 14.0 Å². The lowest BCUT2D eigenvalue weighted by atomic mass is 9.95. The summed E-state index contributed by atoms with van der Waals surface area (Å²) in [6.45, 7) is 5.16. The number of aromatic nitrogens is 3. The van der Waals surface area contributed by atoms with Crippen LogP contribution in [0.3, 0.4) is 0 Å². The Morgan fingerprint density at radius 1 is 1.14 bits per heavy atom. The van der Waals surface area contributed by atoms with Crippen molar-refractivity contribution in [3.8, 4) is 0 Å². The van der Waals surface area contributed by atoms with Crippen LogP contribution in [0.5, 0.6) is 0 Å². The number of nitrogens with zero attached hydrogens (tertiary/aromatic N) is 3. The smallest absolute Gasteiger partial charge is 0.276 e. The van der Waals surface area contributed by atoms with Crippen molar-refractivity contribution in [2.24, 2.45) is 0 Å². The van der Waals surface area contributed by atoms with Gasteiger partial charge in [-0.15, -0.1) is 0 Å². The quantitative estimate of drug-likeness (QED) is 0.442. The Balaban J connectivity index is 1.52. The fraction of sp³-hybridized carbons (Fsp3) is 0.222. The molecule has 0 saturated carbocycles. The summed E-state index contributed by atoms with van der Waals surface area (Å²) in [5, 5.41) is 7.65. The fourth-order valence-electron chi connectivity index (χ4n) is 4.66. The molecule has 3 heterocycles. The lowest BCUT2D eigenvalue weighted by Crippen LogP contribution is -2.38. The van der Waals surface area contributed by atoms with Crippen molar-refractivity contribution in [2.75, 3.05) is 11.9 Å². The molecule has 35 heavy (non-hydrogen) atoms. The van der Waals surface area contributed by atoms with Gasteiger partial charge in [0.15, 0.2) is 5.69 Å². The minimum atomic E-state index is -0.328. The van der Waals surface area contributed by atoms with E-state index in [0.29, 0.717) is 30.2 Å². The predicted octanol–water partition coefficient (Wildman–Crippen LogP) is 4.72. The first-order valence-electron chi connectivity index (χ1n) is 11.5. The Morgan fingerprint density at radius 2 is 1.94 bits per heavy atom. The van der Waals surface area contributed by atoms with E-state index in [-0.39, 0.29) is 30.1 Å². The number of rotatable bonds is 5. The van der Waals surface area contributed by atoms with Crippen LogP contribution in [-0.2, 0) is 13.1 Å². The van der Waals surface area contributed by atoms with E-state index in [1.165, 1.54) is 12.1 Å². The molecule has 2 aromatic carbocycles. The minimum absolute atomic E-state index is 0.0499. The SMILES string of the molecule is Cc1cccc(NC(=O)c2nn(Cc3ccc(F)cc3)c3c2CN(C(=O)c2ccc[nH]2)C[C@H]3C)c1. The number of hydrogen-bond acceptors (Lipinski definition) is 3. The van der Waals surface area contributed by atoms with Crippen molar-refractivity contribution >= 4 is 17.5 Å². The lowest BCUT2D eigenvalue weighted by molar-refractivity contribution is 0.0711. The van der Waals surface area contributed by atoms with Crippen molar-refractivity contribution in [1.82, 2.24) is 19.7 Å². The zero-order valence-electron chi connectivity index (χ0n) is 19.6. The second-order valence-corrected chi connectivity index (χ2v) is 8.99. The summed E-state index contributed by atoms with van der Waals surface area (Å²) < 4.78 is 15.2. The van der Waals surface area contributed by atoms with Gasteiger partial charge in [0.2, 0.25) is 0 Å². The Bertz CT molecular complexity index is 1380. The van der Waals surface area contributed by atoms with Crippen LogP contribution in [0, 0.1) is 12.7 Å². The van der Waals surface area contributed by atoms with Crippen molar-refractivity contribution in [3.63, 3.8) is 0 Å². The van der Waals surface area contributed by atoms with Crippen molar-refractivity contribution in [3.05, 3.63) is 106 Å². The van der Waals surface area contributed by atoms with Gasteiger partial charge in [-0.2, -0.15) is 5.10 Å². The van der Waals surface area contributed by atoms with Crippen LogP contribution in [0.25, 0.3) is 0 Å². The van der Waals surface area contributed by atoms with Gasteiger partial charge in [-0.1, -0.05) is 31.2 Å². The monoisotopic (exact) mass is 471 g/mol. The molecule has 0 saturated heterocycles. The highest BCUT2D eigenvalue weighted by molar-refractivity contribution is 6.04. The van der Waals surface area contributed by atoms with Crippen molar-refractivity contribution in [2.45, 2.75) is 32.9 Å². The maximum Gasteiger partial charge on any atom is 0.276 e. The van der Waals surface area contributed by atoms with E-state index in [0.717, 1.165) is 22.4 Å². The zero-order chi connectivity index (χ0) is 24.5. The number of hydrogen-bond donors (Lipinski definition) is 2. The minimum Gasteiger partial charge on any atom is -0.357 e. The number of aromatic amines is 1. The van der Waals surface area contributed by atoms with E-state index in [2.05, 4.69) is 10.3 Å². The highest BCUT2D eigenvalue weighted by atomic mass is 19.1. The second kappa shape index (κ2) is 9.21. The molecule has 0 radical (unpaired) electrons. The normalized spacial score (nSPS) is 15.1. The molecule has 2 amide bonds. The summed E-state index contributed by atoms with van der Waals surface area (Å²) in [6.07, 6.45) is 1.72. The molecule has 5 rings (SSSR count). The van der Waals surface area contributed by atoms with Gasteiger partial charge in [0, 0.05) is 35.6 Å². The number of H-pyrrole nitrogens is 1. The summed E-state index contributed by atoms with van der Waals surface area (Å²) in [7, 11) is 0. The summed E-state index contributed by atoms with van der Waals surface area (Å²) in [6, 6.07) is 17.3. The maximum atomic E-state index is 13.4. The number of carbonyl (C=O) groups is 2. The highest BCUT2D eigenvalue weighted by Crippen LogP contribution is 2.32. The van der Waals surface area contributed by atoms with Crippen LogP contribution in [0.1, 0.15) is 56.2 Å². The number of carbonyl (C=O) groups excluding carboxylic acids is 2. The van der Waals surface area contributed by atoms with E-state index in [1.54, 1.807) is 35.4 Å². The third-order valence-corrected chi connectivity index (χ3v) is 6.26. The van der Waals surface area contributed by atoms with Crippen LogP contribution in [0.2, 0.25) is 0 Å². The molecule has 0 aliphatic carbocycles. The van der Waals surface area contributed by atoms with Gasteiger partial charge < -0.3 is 15.2 Å². The molecular formula is C27H26FN5O2. The molecule has 1 aliphatic heterocycles. The predicted molar refractivity (Wildman–Crippen MR) is 131 cm³/mol. The number of benzene rings is 2. The molecule has 178 valence electrons. The Kier molecular flexibility index (Phi) is 5.94. The number of aryl methyl sites for hydroxylation is 1. The fourth-order valence-corrected chi connectivity index (χ4v) is 4.66. The van der Waals surface area contributed by atoms with Gasteiger partial charge in [0.05, 0.1) is 13.1 Å². The highest BCUT2D eigenvalue weighted by Gasteiger charge is 2.34. The van der Waals surface area contributed by atoms with Gasteiger partial charge in [-0.05, 0) is 54.4 Å². The maximum absolute atomic E-state index is 13.4. The summed E-state index contributed by atoms with van der Waals surface area (Å²) >= 11 is 0. The average molecular weight is 472 g/mol. The number of fused-ring (bicyclic) bond motifs is 1. The molecule has 0 fully saturated rings. The van der Waals surface area contributed by atoms with Crippen LogP contribution in [0.15, 0.2) is 66.9 Å². The van der Waals surface area contributed by atoms with E-state index in [4.69, 9.17) is 5.10 Å². The first-order valence-corrected chi connectivity index (χ1v) is 11.5. The average Bonchev–Trinajstić information content (AvgIpc) is 3.49. The van der Waals surface area contributed by atoms with E-state index >= 15 is 0 Å². The summed E-state index contributed by atoms with van der Waals surface area (Å²) in [5.74, 6) is -0.803. The molecule has 1 atom stereocenters. The summed E-state index contributed by atoms with van der Waals surface area (Å²) in [4.78, 5) is 31.2. The standard InChI is InChI=1S/C27H26FN5O2/c1-17-5-3-6-21(13-17)30-26(34)24-22-16-32(27(35)23-7-4-12-29-23)14-18(2)25(22)33(31-24)15-19-8-10-20(28)11-9-19/h3-13,18,29H,14-16H2,1-2H3,(H,30,34)/t18-/m1/s1. The van der Waals surface area contributed by atoms with E-state index in [1.807, 2.05) is 42.8 Å². The van der Waals surface area contributed by atoms with Crippen LogP contribution in [-0.4, -0.2) is 38.0 Å². The number of amides is 2. The van der Waals surface area contributed by atoms with Gasteiger partial charge in [-0.3, -0.25) is 14.3 Å². The second-order valence-electron chi connectivity index (χ2n) is 8.99. The third kappa shape index (κ3) is 4.59. The first-order chi connectivity index (χ1) is 16.9. The van der Waals surface area contributed by atoms with Crippen LogP contribution in [0.4, 0.5) is 10.1 Å². The molecule has 2 N–H and O–H groups in total. The molecule has 1 aliphatic rings. The molecule has 0 spiro atoms. The third-order valence-electron chi connectivity index (χ3n) is 6.26. The topological polar surface area (TPSA) is 83.0 Å². The van der Waals surface area contributed by atoms with Crippen LogP contribution < -0.4 is 5.32 Å². The summed E-state index contributed by atoms with van der Waals surface area (Å²) in [5.41, 5.74) is 5.03. The Labute approximate surface area is 202 Å². The van der Waals surface area contributed by atoms with Crippen molar-refractivity contribution < 1.29 is 14.0 Å². The van der Waals surface area contributed by atoms with Gasteiger partial charge in [0.1, 0.15) is 11.5 Å². The largest absolute Gasteiger partial charge is 0.357 e. The number of nitrogens with one attached hydrogen (secondary N) is 2. The van der Waals surface area contributed by atoms with E-state index < -0.39 is 0 Å². The molecule has 8 heteroatoms. The Hall–Kier alpha value is -4.20. The zero-order valence-corrected chi connectivity index (χ0v) is 19.6. The number of anilines is 1. The van der Waals surface area contributed by atoms with Gasteiger partial charge >= 0.3 is 0 Å². The number of halogens is 1. The molecule has 4 aromatic rings. The van der Waals surface area contributed by atoms with Gasteiger partial charge in [0.25, 0.3) is 11.8 Å². The van der Waals surface area contributed by atoms with Crippen LogP contribution >= 0.6 is 0 Å². The van der Waals surface area contributed by atoms with Crippen molar-refractivity contribution in [1.29, 1.82) is 0 Å². The molecule has 7 nitrogen and oxygen atoms in total. The molecule has 2 aromatic heterocycles. The first kappa shape index (κ1) is 22.6. The molecule has 0 bridgehead atoms. The molecule has 0 unspecified atom stereocenters. The molecular weight excluding hydrogens is 445 g/mol. The lowest BCUT2D eigenvalue weighted by Gasteiger charge is -2.32. The van der Waals surface area contributed by atoms with Gasteiger partial charge in [-0.25, -0.2) is 4.39 Å².